The van der Waals surface area contributed by atoms with Gasteiger partial charge in [-0.1, -0.05) is 50.6 Å². The summed E-state index contributed by atoms with van der Waals surface area (Å²) in [6.45, 7) is 6.56. The van der Waals surface area contributed by atoms with Crippen LogP contribution in [0.25, 0.3) is 0 Å². The van der Waals surface area contributed by atoms with Gasteiger partial charge in [0.15, 0.2) is 5.16 Å². The van der Waals surface area contributed by atoms with E-state index >= 15 is 0 Å². The van der Waals surface area contributed by atoms with Gasteiger partial charge in [-0.05, 0) is 37.5 Å². The van der Waals surface area contributed by atoms with E-state index in [9.17, 15) is 14.0 Å². The molecule has 1 amide bonds. The molecule has 1 N–H and O–H groups in total. The Hall–Kier alpha value is -2.15. The van der Waals surface area contributed by atoms with E-state index in [0.717, 1.165) is 24.8 Å². The fraction of sp³-hybridized carbons (Fsp3) is 0.500. The predicted octanol–water partition coefficient (Wildman–Crippen LogP) is 4.00. The second-order valence-electron chi connectivity index (χ2n) is 7.14. The minimum absolute atomic E-state index is 0.0177. The number of hydrogen-bond acceptors (Lipinski definition) is 4. The summed E-state index contributed by atoms with van der Waals surface area (Å²) >= 11 is 1.32. The summed E-state index contributed by atoms with van der Waals surface area (Å²) in [7, 11) is 1.68. The van der Waals surface area contributed by atoms with Crippen molar-refractivity contribution in [1.82, 2.24) is 14.9 Å². The van der Waals surface area contributed by atoms with Gasteiger partial charge in [-0.15, -0.1) is 0 Å². The number of nitrogens with one attached hydrogen (secondary N) is 1. The topological polar surface area (TPSA) is 64.0 Å². The molecule has 1 atom stereocenters. The molecule has 0 saturated heterocycles. The number of thioether (sulfide) groups is 1. The third-order valence-corrected chi connectivity index (χ3v) is 6.24. The molecule has 5 nitrogen and oxygen atoms in total. The molecule has 0 saturated carbocycles. The average Bonchev–Trinajstić information content (AvgIpc) is 2.71. The maximum Gasteiger partial charge on any atom is 0.257 e. The lowest BCUT2D eigenvalue weighted by Gasteiger charge is -2.17. The van der Waals surface area contributed by atoms with Crippen molar-refractivity contribution in [2.75, 3.05) is 6.54 Å². The molecule has 0 spiro atoms. The number of amides is 1. The largest absolute Gasteiger partial charge is 0.355 e. The van der Waals surface area contributed by atoms with Crippen molar-refractivity contribution in [1.29, 1.82) is 0 Å². The zero-order chi connectivity index (χ0) is 21.4. The molecular formula is C22H30FN3O2S. The highest BCUT2D eigenvalue weighted by Gasteiger charge is 2.21. The summed E-state index contributed by atoms with van der Waals surface area (Å²) in [5.74, 6) is -0.322. The summed E-state index contributed by atoms with van der Waals surface area (Å²) in [5.41, 5.74) is 1.94. The number of aromatic nitrogens is 2. The summed E-state index contributed by atoms with van der Waals surface area (Å²) in [5, 5.41) is 3.22. The standard InChI is InChI=1S/C22H30FN3O2S/c1-5-7-8-13-24-20(27)19(6-2)29-22-25-15(3)18(21(28)26(22)4)14-16-9-11-17(23)12-10-16/h9-12,19H,5-8,13-14H2,1-4H3,(H,24,27). The first kappa shape index (κ1) is 23.1. The van der Waals surface area contributed by atoms with Gasteiger partial charge in [-0.25, -0.2) is 9.37 Å². The molecular weight excluding hydrogens is 389 g/mol. The molecule has 158 valence electrons. The fourth-order valence-electron chi connectivity index (χ4n) is 3.00. The lowest BCUT2D eigenvalue weighted by molar-refractivity contribution is -0.120. The van der Waals surface area contributed by atoms with Crippen LogP contribution in [0.1, 0.15) is 56.4 Å². The van der Waals surface area contributed by atoms with E-state index in [4.69, 9.17) is 0 Å². The molecule has 1 unspecified atom stereocenters. The Morgan fingerprint density at radius 2 is 1.93 bits per heavy atom. The second kappa shape index (κ2) is 11.1. The molecule has 1 heterocycles. The minimum atomic E-state index is -0.304. The highest BCUT2D eigenvalue weighted by atomic mass is 32.2. The van der Waals surface area contributed by atoms with E-state index in [-0.39, 0.29) is 22.5 Å². The van der Waals surface area contributed by atoms with E-state index in [1.165, 1.54) is 28.5 Å². The molecule has 0 aliphatic carbocycles. The molecule has 2 rings (SSSR count). The van der Waals surface area contributed by atoms with Gasteiger partial charge in [0.05, 0.1) is 5.25 Å². The Bertz CT molecular complexity index is 881. The van der Waals surface area contributed by atoms with Gasteiger partial charge >= 0.3 is 0 Å². The van der Waals surface area contributed by atoms with E-state index in [2.05, 4.69) is 17.2 Å². The summed E-state index contributed by atoms with van der Waals surface area (Å²) in [6.07, 6.45) is 4.21. The fourth-order valence-corrected chi connectivity index (χ4v) is 4.04. The van der Waals surface area contributed by atoms with Gasteiger partial charge in [0.25, 0.3) is 5.56 Å². The molecule has 7 heteroatoms. The monoisotopic (exact) mass is 419 g/mol. The highest BCUT2D eigenvalue weighted by Crippen LogP contribution is 2.24. The van der Waals surface area contributed by atoms with Crippen LogP contribution in [0.2, 0.25) is 0 Å². The van der Waals surface area contributed by atoms with Crippen LogP contribution < -0.4 is 10.9 Å². The van der Waals surface area contributed by atoms with Crippen LogP contribution in [0.15, 0.2) is 34.2 Å². The van der Waals surface area contributed by atoms with Crippen molar-refractivity contribution in [2.24, 2.45) is 7.05 Å². The quantitative estimate of drug-likeness (QED) is 0.359. The highest BCUT2D eigenvalue weighted by molar-refractivity contribution is 8.00. The Morgan fingerprint density at radius 3 is 2.55 bits per heavy atom. The number of unbranched alkanes of at least 4 members (excludes halogenated alkanes) is 2. The van der Waals surface area contributed by atoms with Gasteiger partial charge in [0.1, 0.15) is 5.82 Å². The molecule has 0 aliphatic heterocycles. The maximum absolute atomic E-state index is 13.1. The lowest BCUT2D eigenvalue weighted by atomic mass is 10.1. The lowest BCUT2D eigenvalue weighted by Crippen LogP contribution is -2.34. The smallest absolute Gasteiger partial charge is 0.257 e. The molecule has 0 fully saturated rings. The Balaban J connectivity index is 2.16. The van der Waals surface area contributed by atoms with Crippen molar-refractivity contribution < 1.29 is 9.18 Å². The number of aryl methyl sites for hydroxylation is 1. The predicted molar refractivity (Wildman–Crippen MR) is 116 cm³/mol. The second-order valence-corrected chi connectivity index (χ2v) is 8.31. The molecule has 1 aromatic heterocycles. The maximum atomic E-state index is 13.1. The van der Waals surface area contributed by atoms with Crippen LogP contribution in [0, 0.1) is 12.7 Å². The average molecular weight is 420 g/mol. The van der Waals surface area contributed by atoms with Crippen molar-refractivity contribution >= 4 is 17.7 Å². The number of rotatable bonds is 10. The van der Waals surface area contributed by atoms with E-state index in [1.807, 2.05) is 6.92 Å². The molecule has 1 aromatic carbocycles. The van der Waals surface area contributed by atoms with Gasteiger partial charge in [0, 0.05) is 31.3 Å². The third kappa shape index (κ3) is 6.42. The first-order valence-electron chi connectivity index (χ1n) is 10.1. The van der Waals surface area contributed by atoms with Gasteiger partial charge in [-0.3, -0.25) is 14.2 Å². The molecule has 2 aromatic rings. The van der Waals surface area contributed by atoms with Crippen LogP contribution in [0.3, 0.4) is 0 Å². The summed E-state index contributed by atoms with van der Waals surface area (Å²) < 4.78 is 14.6. The van der Waals surface area contributed by atoms with Crippen molar-refractivity contribution in [2.45, 2.75) is 63.3 Å². The molecule has 0 bridgehead atoms. The minimum Gasteiger partial charge on any atom is -0.355 e. The molecule has 0 aliphatic rings. The summed E-state index contributed by atoms with van der Waals surface area (Å²) in [4.78, 5) is 30.0. The normalized spacial score (nSPS) is 12.0. The van der Waals surface area contributed by atoms with E-state index < -0.39 is 0 Å². The number of benzene rings is 1. The Morgan fingerprint density at radius 1 is 1.24 bits per heavy atom. The number of halogens is 1. The molecule has 29 heavy (non-hydrogen) atoms. The van der Waals surface area contributed by atoms with Gasteiger partial charge < -0.3 is 5.32 Å². The Labute approximate surface area is 176 Å². The van der Waals surface area contributed by atoms with Crippen LogP contribution in [-0.2, 0) is 18.3 Å². The van der Waals surface area contributed by atoms with E-state index in [1.54, 1.807) is 26.1 Å². The number of carbonyl (C=O) groups excluding carboxylic acids is 1. The van der Waals surface area contributed by atoms with Crippen molar-refractivity contribution in [3.63, 3.8) is 0 Å². The Kier molecular flexibility index (Phi) is 8.89. The zero-order valence-corrected chi connectivity index (χ0v) is 18.4. The van der Waals surface area contributed by atoms with Gasteiger partial charge in [-0.2, -0.15) is 0 Å². The van der Waals surface area contributed by atoms with E-state index in [0.29, 0.717) is 35.8 Å². The number of carbonyl (C=O) groups is 1. The number of nitrogens with zero attached hydrogens (tertiary/aromatic N) is 2. The number of hydrogen-bond donors (Lipinski definition) is 1. The van der Waals surface area contributed by atoms with Crippen LogP contribution >= 0.6 is 11.8 Å². The summed E-state index contributed by atoms with van der Waals surface area (Å²) in [6, 6.07) is 6.12. The first-order valence-corrected chi connectivity index (χ1v) is 11.0. The van der Waals surface area contributed by atoms with Crippen LogP contribution in [-0.4, -0.2) is 27.3 Å². The molecule has 0 radical (unpaired) electrons. The van der Waals surface area contributed by atoms with Gasteiger partial charge in [0.2, 0.25) is 5.91 Å². The van der Waals surface area contributed by atoms with Crippen molar-refractivity contribution in [3.05, 3.63) is 57.3 Å². The van der Waals surface area contributed by atoms with Crippen LogP contribution in [0.4, 0.5) is 4.39 Å². The van der Waals surface area contributed by atoms with Crippen molar-refractivity contribution in [3.8, 4) is 0 Å². The third-order valence-electron chi connectivity index (χ3n) is 4.83. The zero-order valence-electron chi connectivity index (χ0n) is 17.6. The van der Waals surface area contributed by atoms with Crippen LogP contribution in [0.5, 0.6) is 0 Å². The first-order chi connectivity index (χ1) is 13.9. The SMILES string of the molecule is CCCCCNC(=O)C(CC)Sc1nc(C)c(Cc2ccc(F)cc2)c(=O)n1C.